The van der Waals surface area contributed by atoms with E-state index < -0.39 is 0 Å². The maximum absolute atomic E-state index is 12.5. The van der Waals surface area contributed by atoms with E-state index in [2.05, 4.69) is 33.0 Å². The first-order valence-corrected chi connectivity index (χ1v) is 7.57. The molecule has 0 aromatic carbocycles. The third-order valence-electron chi connectivity index (χ3n) is 5.05. The van der Waals surface area contributed by atoms with E-state index in [1.54, 1.807) is 0 Å². The molecule has 1 saturated carbocycles. The lowest BCUT2D eigenvalue weighted by Crippen LogP contribution is -2.54. The second-order valence-corrected chi connectivity index (χ2v) is 5.92. The van der Waals surface area contributed by atoms with E-state index in [1.165, 1.54) is 0 Å². The second kappa shape index (κ2) is 6.55. The maximum atomic E-state index is 12.5. The summed E-state index contributed by atoms with van der Waals surface area (Å²) in [5, 5.41) is 3.28. The zero-order chi connectivity index (χ0) is 13.8. The Bertz CT molecular complexity index is 265. The average Bonchev–Trinajstić information content (AvgIpc) is 2.39. The largest absolute Gasteiger partial charge is 0.350 e. The molecule has 3 N–H and O–H groups in total. The Labute approximate surface area is 112 Å². The minimum absolute atomic E-state index is 0.0118. The molecule has 3 nitrogen and oxygen atoms in total. The highest BCUT2D eigenvalue weighted by Crippen LogP contribution is 2.29. The van der Waals surface area contributed by atoms with E-state index in [9.17, 15) is 4.79 Å². The predicted octanol–water partition coefficient (Wildman–Crippen LogP) is 2.83. The molecule has 3 unspecified atom stereocenters. The van der Waals surface area contributed by atoms with Gasteiger partial charge in [0.15, 0.2) is 0 Å². The lowest BCUT2D eigenvalue weighted by atomic mass is 9.77. The zero-order valence-electron chi connectivity index (χ0n) is 12.5. The second-order valence-electron chi connectivity index (χ2n) is 5.92. The van der Waals surface area contributed by atoms with Crippen molar-refractivity contribution >= 4 is 5.91 Å². The van der Waals surface area contributed by atoms with Gasteiger partial charge in [0.05, 0.1) is 5.92 Å². The standard InChI is InChI=1S/C15H30N2O/c1-5-15(6-2,7-3)17-14(18)12-10-8-9-11(4)13(12)16/h11-13H,5-10,16H2,1-4H3,(H,17,18). The normalized spacial score (nSPS) is 29.1. The molecular formula is C15H30N2O. The molecule has 0 heterocycles. The summed E-state index contributed by atoms with van der Waals surface area (Å²) in [4.78, 5) is 12.5. The molecule has 106 valence electrons. The molecule has 0 aliphatic heterocycles. The molecular weight excluding hydrogens is 224 g/mol. The number of hydrogen-bond acceptors (Lipinski definition) is 2. The third-order valence-corrected chi connectivity index (χ3v) is 5.05. The van der Waals surface area contributed by atoms with Gasteiger partial charge in [-0.25, -0.2) is 0 Å². The monoisotopic (exact) mass is 254 g/mol. The van der Waals surface area contributed by atoms with Crippen LogP contribution in [0.1, 0.15) is 66.2 Å². The van der Waals surface area contributed by atoms with Gasteiger partial charge >= 0.3 is 0 Å². The quantitative estimate of drug-likeness (QED) is 0.792. The van der Waals surface area contributed by atoms with Crippen molar-refractivity contribution in [3.63, 3.8) is 0 Å². The number of amides is 1. The molecule has 0 aromatic rings. The molecule has 18 heavy (non-hydrogen) atoms. The summed E-state index contributed by atoms with van der Waals surface area (Å²) in [6.45, 7) is 8.61. The summed E-state index contributed by atoms with van der Waals surface area (Å²) in [5.41, 5.74) is 6.18. The topological polar surface area (TPSA) is 55.1 Å². The summed E-state index contributed by atoms with van der Waals surface area (Å²) < 4.78 is 0. The molecule has 0 bridgehead atoms. The fourth-order valence-corrected chi connectivity index (χ4v) is 3.12. The number of hydrogen-bond donors (Lipinski definition) is 2. The van der Waals surface area contributed by atoms with Gasteiger partial charge in [0, 0.05) is 11.6 Å². The summed E-state index contributed by atoms with van der Waals surface area (Å²) in [7, 11) is 0. The molecule has 0 saturated heterocycles. The first kappa shape index (κ1) is 15.5. The van der Waals surface area contributed by atoms with Crippen LogP contribution in [0.15, 0.2) is 0 Å². The van der Waals surface area contributed by atoms with Crippen molar-refractivity contribution in [1.82, 2.24) is 5.32 Å². The average molecular weight is 254 g/mol. The van der Waals surface area contributed by atoms with E-state index in [0.29, 0.717) is 5.92 Å². The first-order chi connectivity index (χ1) is 8.49. The van der Waals surface area contributed by atoms with Gasteiger partial charge in [-0.15, -0.1) is 0 Å². The van der Waals surface area contributed by atoms with Crippen LogP contribution < -0.4 is 11.1 Å². The molecule has 3 atom stereocenters. The summed E-state index contributed by atoms with van der Waals surface area (Å²) in [6.07, 6.45) is 6.20. The van der Waals surface area contributed by atoms with Gasteiger partial charge in [-0.1, -0.05) is 34.1 Å². The van der Waals surface area contributed by atoms with Gasteiger partial charge in [-0.2, -0.15) is 0 Å². The number of nitrogens with two attached hydrogens (primary N) is 1. The van der Waals surface area contributed by atoms with Crippen LogP contribution in [0.5, 0.6) is 0 Å². The summed E-state index contributed by atoms with van der Waals surface area (Å²) in [5.74, 6) is 0.658. The Morgan fingerprint density at radius 2 is 1.78 bits per heavy atom. The fraction of sp³-hybridized carbons (Fsp3) is 0.933. The zero-order valence-corrected chi connectivity index (χ0v) is 12.5. The van der Waals surface area contributed by atoms with Crippen LogP contribution in [0.25, 0.3) is 0 Å². The predicted molar refractivity (Wildman–Crippen MR) is 76.2 cm³/mol. The third kappa shape index (κ3) is 3.25. The van der Waals surface area contributed by atoms with Gasteiger partial charge in [-0.3, -0.25) is 4.79 Å². The molecule has 0 spiro atoms. The first-order valence-electron chi connectivity index (χ1n) is 7.57. The SMILES string of the molecule is CCC(CC)(CC)NC(=O)C1CCCC(C)C1N. The lowest BCUT2D eigenvalue weighted by molar-refractivity contribution is -0.129. The van der Waals surface area contributed by atoms with Crippen LogP contribution in [-0.4, -0.2) is 17.5 Å². The Morgan fingerprint density at radius 1 is 1.22 bits per heavy atom. The highest BCUT2D eigenvalue weighted by atomic mass is 16.2. The Kier molecular flexibility index (Phi) is 5.64. The Balaban J connectivity index is 2.69. The smallest absolute Gasteiger partial charge is 0.225 e. The summed E-state index contributed by atoms with van der Waals surface area (Å²) >= 11 is 0. The molecule has 1 aliphatic carbocycles. The number of carbonyl (C=O) groups is 1. The van der Waals surface area contributed by atoms with Crippen LogP contribution in [0, 0.1) is 11.8 Å². The van der Waals surface area contributed by atoms with Crippen molar-refractivity contribution in [2.24, 2.45) is 17.6 Å². The van der Waals surface area contributed by atoms with Gasteiger partial charge in [0.2, 0.25) is 5.91 Å². The molecule has 0 radical (unpaired) electrons. The minimum Gasteiger partial charge on any atom is -0.350 e. The number of nitrogens with one attached hydrogen (secondary N) is 1. The number of rotatable bonds is 5. The van der Waals surface area contributed by atoms with Crippen molar-refractivity contribution in [2.45, 2.75) is 77.8 Å². The van der Waals surface area contributed by atoms with Crippen molar-refractivity contribution in [3.05, 3.63) is 0 Å². The molecule has 3 heteroatoms. The van der Waals surface area contributed by atoms with Crippen LogP contribution in [0.2, 0.25) is 0 Å². The molecule has 1 aliphatic rings. The van der Waals surface area contributed by atoms with E-state index in [0.717, 1.165) is 38.5 Å². The highest BCUT2D eigenvalue weighted by molar-refractivity contribution is 5.80. The van der Waals surface area contributed by atoms with Crippen LogP contribution >= 0.6 is 0 Å². The summed E-state index contributed by atoms with van der Waals surface area (Å²) in [6, 6.07) is 0.0296. The van der Waals surface area contributed by atoms with Gasteiger partial charge in [-0.05, 0) is 38.0 Å². The van der Waals surface area contributed by atoms with Crippen molar-refractivity contribution in [2.75, 3.05) is 0 Å². The van der Waals surface area contributed by atoms with E-state index in [4.69, 9.17) is 5.73 Å². The fourth-order valence-electron chi connectivity index (χ4n) is 3.12. The van der Waals surface area contributed by atoms with Gasteiger partial charge < -0.3 is 11.1 Å². The van der Waals surface area contributed by atoms with Crippen molar-refractivity contribution in [3.8, 4) is 0 Å². The van der Waals surface area contributed by atoms with Crippen LogP contribution in [-0.2, 0) is 4.79 Å². The van der Waals surface area contributed by atoms with E-state index in [-0.39, 0.29) is 23.4 Å². The van der Waals surface area contributed by atoms with Crippen molar-refractivity contribution < 1.29 is 4.79 Å². The lowest BCUT2D eigenvalue weighted by Gasteiger charge is -2.38. The minimum atomic E-state index is -0.0303. The van der Waals surface area contributed by atoms with E-state index >= 15 is 0 Å². The molecule has 1 amide bonds. The Hall–Kier alpha value is -0.570. The van der Waals surface area contributed by atoms with E-state index in [1.807, 2.05) is 0 Å². The maximum Gasteiger partial charge on any atom is 0.225 e. The number of carbonyl (C=O) groups excluding carboxylic acids is 1. The van der Waals surface area contributed by atoms with Crippen LogP contribution in [0.4, 0.5) is 0 Å². The molecule has 0 aromatic heterocycles. The van der Waals surface area contributed by atoms with Gasteiger partial charge in [0.1, 0.15) is 0 Å². The highest BCUT2D eigenvalue weighted by Gasteiger charge is 2.36. The van der Waals surface area contributed by atoms with Crippen molar-refractivity contribution in [1.29, 1.82) is 0 Å². The van der Waals surface area contributed by atoms with Crippen LogP contribution in [0.3, 0.4) is 0 Å². The molecule has 1 rings (SSSR count). The van der Waals surface area contributed by atoms with Gasteiger partial charge in [0.25, 0.3) is 0 Å². The Morgan fingerprint density at radius 3 is 2.28 bits per heavy atom. The molecule has 1 fully saturated rings.